The number of furan rings is 1. The molecule has 0 saturated carbocycles. The summed E-state index contributed by atoms with van der Waals surface area (Å²) in [7, 11) is -1.47. The molecule has 23 heavy (non-hydrogen) atoms. The molecule has 0 bridgehead atoms. The van der Waals surface area contributed by atoms with Crippen molar-refractivity contribution >= 4 is 21.7 Å². The zero-order valence-electron chi connectivity index (χ0n) is 13.5. The lowest BCUT2D eigenvalue weighted by Crippen LogP contribution is -2.57. The van der Waals surface area contributed by atoms with Crippen molar-refractivity contribution in [2.45, 2.75) is 25.1 Å². The molecule has 0 unspecified atom stereocenters. The second kappa shape index (κ2) is 6.23. The van der Waals surface area contributed by atoms with Crippen molar-refractivity contribution in [1.82, 2.24) is 10.2 Å². The van der Waals surface area contributed by atoms with Gasteiger partial charge in [-0.15, -0.1) is 0 Å². The summed E-state index contributed by atoms with van der Waals surface area (Å²) < 4.78 is 28.6. The molecule has 1 amide bonds. The fraction of sp³-hybridized carbons (Fsp3) is 0.571. The Morgan fingerprint density at radius 3 is 2.70 bits per heavy atom. The van der Waals surface area contributed by atoms with E-state index in [-0.39, 0.29) is 11.5 Å². The molecule has 8 nitrogen and oxygen atoms in total. The highest BCUT2D eigenvalue weighted by Gasteiger charge is 2.40. The summed E-state index contributed by atoms with van der Waals surface area (Å²) in [5.41, 5.74) is 5.14. The van der Waals surface area contributed by atoms with Crippen LogP contribution in [0.2, 0.25) is 0 Å². The number of hydrogen-bond acceptors (Lipinski definition) is 5. The lowest BCUT2D eigenvalue weighted by molar-refractivity contribution is 0.0972. The number of sulfone groups is 1. The first kappa shape index (κ1) is 17.3. The van der Waals surface area contributed by atoms with Gasteiger partial charge in [-0.2, -0.15) is 0 Å². The van der Waals surface area contributed by atoms with Gasteiger partial charge in [0.25, 0.3) is 5.91 Å². The first-order valence-electron chi connectivity index (χ1n) is 7.23. The van der Waals surface area contributed by atoms with E-state index < -0.39 is 20.5 Å². The Hall–Kier alpha value is -2.03. The average Bonchev–Trinajstić information content (AvgIpc) is 2.92. The van der Waals surface area contributed by atoms with Gasteiger partial charge in [-0.3, -0.25) is 9.79 Å². The predicted molar refractivity (Wildman–Crippen MR) is 86.9 cm³/mol. The van der Waals surface area contributed by atoms with Crippen molar-refractivity contribution in [1.29, 1.82) is 0 Å². The first-order valence-corrected chi connectivity index (χ1v) is 8.88. The van der Waals surface area contributed by atoms with Crippen LogP contribution in [0.3, 0.4) is 0 Å². The molecular weight excluding hydrogens is 320 g/mol. The van der Waals surface area contributed by atoms with Crippen LogP contribution in [0.4, 0.5) is 0 Å². The molecule has 0 radical (unpaired) electrons. The van der Waals surface area contributed by atoms with Gasteiger partial charge < -0.3 is 20.4 Å². The van der Waals surface area contributed by atoms with Crippen molar-refractivity contribution < 1.29 is 17.6 Å². The molecule has 128 valence electrons. The lowest BCUT2D eigenvalue weighted by atomic mass is 10.2. The number of rotatable bonds is 3. The predicted octanol–water partition coefficient (Wildman–Crippen LogP) is -0.0371. The first-order chi connectivity index (χ1) is 10.7. The van der Waals surface area contributed by atoms with E-state index in [1.165, 1.54) is 6.07 Å². The number of amides is 1. The molecule has 0 aromatic carbocycles. The Kier molecular flexibility index (Phi) is 4.69. The third kappa shape index (κ3) is 3.66. The summed E-state index contributed by atoms with van der Waals surface area (Å²) in [6.07, 6.45) is 0. The molecule has 0 spiro atoms. The van der Waals surface area contributed by atoms with Gasteiger partial charge in [-0.1, -0.05) is 0 Å². The van der Waals surface area contributed by atoms with Crippen molar-refractivity contribution in [2.75, 3.05) is 25.9 Å². The molecule has 1 aliphatic heterocycles. The van der Waals surface area contributed by atoms with Crippen molar-refractivity contribution in [3.05, 3.63) is 23.7 Å². The Balaban J connectivity index is 2.02. The second-order valence-corrected chi connectivity index (χ2v) is 8.77. The van der Waals surface area contributed by atoms with Gasteiger partial charge in [0.1, 0.15) is 5.76 Å². The largest absolute Gasteiger partial charge is 0.454 e. The maximum absolute atomic E-state index is 12.1. The SMILES string of the molecule is CN=C(NCc1ccc(C(N)=O)o1)N1CCS(=O)(=O)C(C)(C)C1. The quantitative estimate of drug-likeness (QED) is 0.588. The number of nitrogens with two attached hydrogens (primary N) is 1. The fourth-order valence-corrected chi connectivity index (χ4v) is 3.79. The molecule has 3 N–H and O–H groups in total. The average molecular weight is 342 g/mol. The zero-order valence-corrected chi connectivity index (χ0v) is 14.3. The Morgan fingerprint density at radius 1 is 1.48 bits per heavy atom. The summed E-state index contributed by atoms with van der Waals surface area (Å²) in [5, 5.41) is 3.11. The standard InChI is InChI=1S/C14H22N4O4S/c1-14(2)9-18(6-7-23(14,20)21)13(16-3)17-8-10-4-5-11(22-10)12(15)19/h4-5H,6-9H2,1-3H3,(H2,15,19)(H,16,17). The molecule has 1 aromatic heterocycles. The van der Waals surface area contributed by atoms with Crippen LogP contribution in [0.25, 0.3) is 0 Å². The van der Waals surface area contributed by atoms with Gasteiger partial charge in [0.15, 0.2) is 21.6 Å². The molecular formula is C14H22N4O4S. The highest BCUT2D eigenvalue weighted by Crippen LogP contribution is 2.23. The van der Waals surface area contributed by atoms with E-state index in [4.69, 9.17) is 10.2 Å². The molecule has 2 rings (SSSR count). The number of primary amides is 1. The minimum Gasteiger partial charge on any atom is -0.454 e. The number of aliphatic imine (C=N–C) groups is 1. The lowest BCUT2D eigenvalue weighted by Gasteiger charge is -2.39. The summed E-state index contributed by atoms with van der Waals surface area (Å²) in [6, 6.07) is 3.17. The molecule has 2 heterocycles. The number of nitrogens with zero attached hydrogens (tertiary/aromatic N) is 2. The van der Waals surface area contributed by atoms with Crippen LogP contribution >= 0.6 is 0 Å². The van der Waals surface area contributed by atoms with E-state index in [9.17, 15) is 13.2 Å². The summed E-state index contributed by atoms with van der Waals surface area (Å²) >= 11 is 0. The van der Waals surface area contributed by atoms with E-state index in [0.717, 1.165) is 0 Å². The number of nitrogens with one attached hydrogen (secondary N) is 1. The monoisotopic (exact) mass is 342 g/mol. The van der Waals surface area contributed by atoms with Crippen LogP contribution in [0.15, 0.2) is 21.5 Å². The Morgan fingerprint density at radius 2 is 2.17 bits per heavy atom. The zero-order chi connectivity index (χ0) is 17.3. The van der Waals surface area contributed by atoms with Crippen molar-refractivity contribution in [3.8, 4) is 0 Å². The fourth-order valence-electron chi connectivity index (χ4n) is 2.43. The van der Waals surface area contributed by atoms with Crippen LogP contribution in [0.1, 0.15) is 30.2 Å². The minimum absolute atomic E-state index is 0.0906. The van der Waals surface area contributed by atoms with Gasteiger partial charge in [-0.25, -0.2) is 8.42 Å². The summed E-state index contributed by atoms with van der Waals surface area (Å²) in [6.45, 7) is 4.50. The van der Waals surface area contributed by atoms with E-state index in [0.29, 0.717) is 31.4 Å². The Labute approximate surface area is 135 Å². The normalized spacial score (nSPS) is 20.3. The molecule has 0 atom stereocenters. The van der Waals surface area contributed by atoms with Crippen molar-refractivity contribution in [3.63, 3.8) is 0 Å². The van der Waals surface area contributed by atoms with Crippen LogP contribution in [-0.4, -0.2) is 55.8 Å². The molecule has 9 heteroatoms. The van der Waals surface area contributed by atoms with Gasteiger partial charge in [0, 0.05) is 20.1 Å². The molecule has 1 aliphatic rings. The highest BCUT2D eigenvalue weighted by molar-refractivity contribution is 7.92. The van der Waals surface area contributed by atoms with E-state index in [2.05, 4.69) is 10.3 Å². The molecule has 1 saturated heterocycles. The summed E-state index contributed by atoms with van der Waals surface area (Å²) in [4.78, 5) is 17.1. The second-order valence-electron chi connectivity index (χ2n) is 6.03. The number of hydrogen-bond donors (Lipinski definition) is 2. The number of carbonyl (C=O) groups excluding carboxylic acids is 1. The van der Waals surface area contributed by atoms with E-state index >= 15 is 0 Å². The molecule has 0 aliphatic carbocycles. The van der Waals surface area contributed by atoms with Crippen LogP contribution in [-0.2, 0) is 16.4 Å². The smallest absolute Gasteiger partial charge is 0.284 e. The summed E-state index contributed by atoms with van der Waals surface area (Å²) in [5.74, 6) is 0.701. The van der Waals surface area contributed by atoms with Gasteiger partial charge >= 0.3 is 0 Å². The third-order valence-corrected chi connectivity index (χ3v) is 6.41. The van der Waals surface area contributed by atoms with Gasteiger partial charge in [-0.05, 0) is 26.0 Å². The van der Waals surface area contributed by atoms with Crippen molar-refractivity contribution in [2.24, 2.45) is 10.7 Å². The molecule has 1 aromatic rings. The molecule has 1 fully saturated rings. The number of carbonyl (C=O) groups is 1. The van der Waals surface area contributed by atoms with E-state index in [1.54, 1.807) is 27.0 Å². The van der Waals surface area contributed by atoms with Gasteiger partial charge in [0.05, 0.1) is 17.0 Å². The van der Waals surface area contributed by atoms with Gasteiger partial charge in [0.2, 0.25) is 0 Å². The van der Waals surface area contributed by atoms with Crippen LogP contribution in [0.5, 0.6) is 0 Å². The topological polar surface area (TPSA) is 118 Å². The maximum atomic E-state index is 12.1. The minimum atomic E-state index is -3.10. The maximum Gasteiger partial charge on any atom is 0.284 e. The third-order valence-electron chi connectivity index (χ3n) is 3.88. The Bertz CT molecular complexity index is 721. The van der Waals surface area contributed by atoms with Crippen LogP contribution < -0.4 is 11.1 Å². The highest BCUT2D eigenvalue weighted by atomic mass is 32.2. The van der Waals surface area contributed by atoms with E-state index in [1.807, 2.05) is 4.90 Å². The van der Waals surface area contributed by atoms with Crippen LogP contribution in [0, 0.1) is 0 Å². The number of guanidine groups is 1.